The van der Waals surface area contributed by atoms with E-state index in [0.717, 1.165) is 47.8 Å². The number of anilines is 4. The summed E-state index contributed by atoms with van der Waals surface area (Å²) in [7, 11) is 3.54. The van der Waals surface area contributed by atoms with Gasteiger partial charge in [0.2, 0.25) is 5.95 Å². The Kier molecular flexibility index (Phi) is 5.43. The molecule has 0 aliphatic carbocycles. The van der Waals surface area contributed by atoms with E-state index in [-0.39, 0.29) is 0 Å². The predicted octanol–water partition coefficient (Wildman–Crippen LogP) is 4.02. The van der Waals surface area contributed by atoms with Crippen LogP contribution in [0, 0.1) is 0 Å². The van der Waals surface area contributed by atoms with Gasteiger partial charge in [0.15, 0.2) is 0 Å². The first-order valence-electron chi connectivity index (χ1n) is 10.5. The molecule has 0 unspecified atom stereocenters. The van der Waals surface area contributed by atoms with E-state index < -0.39 is 0 Å². The van der Waals surface area contributed by atoms with Gasteiger partial charge < -0.3 is 20.7 Å². The number of rotatable bonds is 6. The van der Waals surface area contributed by atoms with Crippen molar-refractivity contribution in [2.45, 2.75) is 13.0 Å². The molecule has 3 N–H and O–H groups in total. The SMILES string of the molecule is COc1cccc(Nc2ncc(-c3cnn(C)c3)c(Nc3ccc4c(c3)CNCC4)n2)c1. The van der Waals surface area contributed by atoms with Gasteiger partial charge >= 0.3 is 0 Å². The molecule has 3 heterocycles. The molecular weight excluding hydrogens is 402 g/mol. The van der Waals surface area contributed by atoms with Crippen molar-refractivity contribution in [1.82, 2.24) is 25.1 Å². The van der Waals surface area contributed by atoms with Crippen LogP contribution in [0.2, 0.25) is 0 Å². The summed E-state index contributed by atoms with van der Waals surface area (Å²) in [6.45, 7) is 1.91. The van der Waals surface area contributed by atoms with Gasteiger partial charge in [-0.05, 0) is 48.4 Å². The molecule has 0 amide bonds. The molecule has 0 saturated carbocycles. The van der Waals surface area contributed by atoms with Gasteiger partial charge in [-0.3, -0.25) is 4.68 Å². The summed E-state index contributed by atoms with van der Waals surface area (Å²) >= 11 is 0. The van der Waals surface area contributed by atoms with E-state index in [2.05, 4.69) is 44.2 Å². The molecule has 8 heteroatoms. The number of hydrogen-bond acceptors (Lipinski definition) is 7. The lowest BCUT2D eigenvalue weighted by molar-refractivity contribution is 0.415. The lowest BCUT2D eigenvalue weighted by Gasteiger charge is -2.19. The van der Waals surface area contributed by atoms with Gasteiger partial charge in [0.1, 0.15) is 11.6 Å². The van der Waals surface area contributed by atoms with Gasteiger partial charge in [-0.25, -0.2) is 4.98 Å². The standard InChI is InChI=1S/C24H25N7O/c1-31-15-18(13-27-31)22-14-26-24(29-19-4-3-5-21(11-19)32-2)30-23(22)28-20-7-6-16-8-9-25-12-17(16)10-20/h3-7,10-11,13-15,25H,8-9,12H2,1-2H3,(H2,26,28,29,30). The molecule has 0 radical (unpaired) electrons. The molecule has 2 aromatic heterocycles. The number of fused-ring (bicyclic) bond motifs is 1. The number of aromatic nitrogens is 4. The van der Waals surface area contributed by atoms with Crippen molar-refractivity contribution in [2.24, 2.45) is 7.05 Å². The molecule has 5 rings (SSSR count). The third kappa shape index (κ3) is 4.26. The molecule has 0 bridgehead atoms. The van der Waals surface area contributed by atoms with Crippen molar-refractivity contribution in [3.8, 4) is 16.9 Å². The van der Waals surface area contributed by atoms with E-state index in [4.69, 9.17) is 9.72 Å². The normalized spacial score (nSPS) is 12.8. The van der Waals surface area contributed by atoms with Crippen LogP contribution < -0.4 is 20.7 Å². The Labute approximate surface area is 186 Å². The van der Waals surface area contributed by atoms with Crippen molar-refractivity contribution in [3.63, 3.8) is 0 Å². The summed E-state index contributed by atoms with van der Waals surface area (Å²) in [6.07, 6.45) is 6.64. The Balaban J connectivity index is 1.49. The third-order valence-corrected chi connectivity index (χ3v) is 5.49. The van der Waals surface area contributed by atoms with Gasteiger partial charge in [0.05, 0.1) is 13.3 Å². The highest BCUT2D eigenvalue weighted by molar-refractivity contribution is 5.78. The summed E-state index contributed by atoms with van der Waals surface area (Å²) < 4.78 is 7.08. The van der Waals surface area contributed by atoms with E-state index in [9.17, 15) is 0 Å². The summed E-state index contributed by atoms with van der Waals surface area (Å²) in [5, 5.41) is 14.5. The zero-order valence-electron chi connectivity index (χ0n) is 18.1. The molecule has 32 heavy (non-hydrogen) atoms. The largest absolute Gasteiger partial charge is 0.497 e. The lowest BCUT2D eigenvalue weighted by atomic mass is 10.0. The maximum atomic E-state index is 5.31. The molecule has 162 valence electrons. The van der Waals surface area contributed by atoms with E-state index in [1.807, 2.05) is 49.9 Å². The van der Waals surface area contributed by atoms with Crippen LogP contribution in [0.1, 0.15) is 11.1 Å². The summed E-state index contributed by atoms with van der Waals surface area (Å²) in [5.74, 6) is 1.97. The number of nitrogens with zero attached hydrogens (tertiary/aromatic N) is 4. The molecule has 4 aromatic rings. The zero-order valence-corrected chi connectivity index (χ0v) is 18.1. The van der Waals surface area contributed by atoms with Crippen LogP contribution in [0.5, 0.6) is 5.75 Å². The minimum atomic E-state index is 0.494. The van der Waals surface area contributed by atoms with Crippen LogP contribution in [-0.4, -0.2) is 33.4 Å². The second kappa shape index (κ2) is 8.68. The number of ether oxygens (including phenoxy) is 1. The Bertz CT molecular complexity index is 1250. The molecule has 1 aliphatic heterocycles. The fourth-order valence-electron chi connectivity index (χ4n) is 3.83. The van der Waals surface area contributed by atoms with E-state index >= 15 is 0 Å². The number of hydrogen-bond donors (Lipinski definition) is 3. The average molecular weight is 428 g/mol. The second-order valence-corrected chi connectivity index (χ2v) is 7.75. The van der Waals surface area contributed by atoms with Crippen molar-refractivity contribution < 1.29 is 4.74 Å². The minimum absolute atomic E-state index is 0.494. The van der Waals surface area contributed by atoms with Gasteiger partial charge in [0, 0.05) is 54.6 Å². The van der Waals surface area contributed by atoms with Gasteiger partial charge in [-0.15, -0.1) is 0 Å². The molecule has 0 fully saturated rings. The first kappa shape index (κ1) is 20.0. The predicted molar refractivity (Wildman–Crippen MR) is 126 cm³/mol. The average Bonchev–Trinajstić information content (AvgIpc) is 3.25. The van der Waals surface area contributed by atoms with Crippen LogP contribution in [0.4, 0.5) is 23.1 Å². The van der Waals surface area contributed by atoms with E-state index in [1.165, 1.54) is 11.1 Å². The van der Waals surface area contributed by atoms with Crippen LogP contribution in [0.15, 0.2) is 61.1 Å². The van der Waals surface area contributed by atoms with E-state index in [1.54, 1.807) is 11.8 Å². The van der Waals surface area contributed by atoms with Crippen molar-refractivity contribution in [2.75, 3.05) is 24.3 Å². The molecule has 0 saturated heterocycles. The Morgan fingerprint density at radius 3 is 2.78 bits per heavy atom. The molecule has 0 spiro atoms. The summed E-state index contributed by atoms with van der Waals surface area (Å²) in [5.41, 5.74) is 6.37. The number of nitrogens with one attached hydrogen (secondary N) is 3. The van der Waals surface area contributed by atoms with Gasteiger partial charge in [0.25, 0.3) is 0 Å². The van der Waals surface area contributed by atoms with Gasteiger partial charge in [-0.2, -0.15) is 10.1 Å². The topological polar surface area (TPSA) is 88.9 Å². The molecule has 8 nitrogen and oxygen atoms in total. The summed E-state index contributed by atoms with van der Waals surface area (Å²) in [6, 6.07) is 14.2. The maximum absolute atomic E-state index is 5.31. The zero-order chi connectivity index (χ0) is 21.9. The Morgan fingerprint density at radius 2 is 1.94 bits per heavy atom. The van der Waals surface area contributed by atoms with Crippen LogP contribution >= 0.6 is 0 Å². The van der Waals surface area contributed by atoms with Crippen molar-refractivity contribution >= 4 is 23.1 Å². The van der Waals surface area contributed by atoms with Crippen LogP contribution in [0.3, 0.4) is 0 Å². The molecule has 1 aliphatic rings. The molecule has 0 atom stereocenters. The van der Waals surface area contributed by atoms with Gasteiger partial charge in [-0.1, -0.05) is 12.1 Å². The highest BCUT2D eigenvalue weighted by atomic mass is 16.5. The number of aryl methyl sites for hydroxylation is 1. The highest BCUT2D eigenvalue weighted by Crippen LogP contribution is 2.31. The first-order chi connectivity index (χ1) is 15.7. The second-order valence-electron chi connectivity index (χ2n) is 7.75. The Morgan fingerprint density at radius 1 is 1.03 bits per heavy atom. The maximum Gasteiger partial charge on any atom is 0.229 e. The fourth-order valence-corrected chi connectivity index (χ4v) is 3.83. The number of benzene rings is 2. The smallest absolute Gasteiger partial charge is 0.229 e. The van der Waals surface area contributed by atoms with Crippen LogP contribution in [0.25, 0.3) is 11.1 Å². The molecule has 2 aromatic carbocycles. The first-order valence-corrected chi connectivity index (χ1v) is 10.5. The van der Waals surface area contributed by atoms with Crippen molar-refractivity contribution in [1.29, 1.82) is 0 Å². The highest BCUT2D eigenvalue weighted by Gasteiger charge is 2.14. The fraction of sp³-hybridized carbons (Fsp3) is 0.208. The monoisotopic (exact) mass is 427 g/mol. The molecular formula is C24H25N7O. The Hall–Kier alpha value is -3.91. The quantitative estimate of drug-likeness (QED) is 0.428. The lowest BCUT2D eigenvalue weighted by Crippen LogP contribution is -2.23. The third-order valence-electron chi connectivity index (χ3n) is 5.49. The minimum Gasteiger partial charge on any atom is -0.497 e. The van der Waals surface area contributed by atoms with E-state index in [0.29, 0.717) is 11.8 Å². The van der Waals surface area contributed by atoms with Crippen molar-refractivity contribution in [3.05, 3.63) is 72.2 Å². The van der Waals surface area contributed by atoms with Crippen LogP contribution in [-0.2, 0) is 20.0 Å². The summed E-state index contributed by atoms with van der Waals surface area (Å²) in [4.78, 5) is 9.33. The number of methoxy groups -OCH3 is 1.